The number of hydrogen-bond acceptors (Lipinski definition) is 5. The normalized spacial score (nSPS) is 10.6. The van der Waals surface area contributed by atoms with E-state index in [1.807, 2.05) is 36.4 Å². The van der Waals surface area contributed by atoms with E-state index in [2.05, 4.69) is 22.4 Å². The lowest BCUT2D eigenvalue weighted by molar-refractivity contribution is 0.0500. The molecule has 0 aliphatic carbocycles. The van der Waals surface area contributed by atoms with E-state index < -0.39 is 0 Å². The zero-order valence-corrected chi connectivity index (χ0v) is 14.6. The third kappa shape index (κ3) is 4.06. The van der Waals surface area contributed by atoms with Crippen LogP contribution in [0.1, 0.15) is 30.1 Å². The molecule has 3 rings (SSSR count). The van der Waals surface area contributed by atoms with Crippen molar-refractivity contribution in [2.75, 3.05) is 11.9 Å². The third-order valence-electron chi connectivity index (χ3n) is 3.76. The number of aromatic nitrogens is 2. The van der Waals surface area contributed by atoms with Gasteiger partial charge in [-0.1, -0.05) is 49.2 Å². The van der Waals surface area contributed by atoms with E-state index in [9.17, 15) is 4.79 Å². The van der Waals surface area contributed by atoms with Gasteiger partial charge in [-0.05, 0) is 30.7 Å². The van der Waals surface area contributed by atoms with Gasteiger partial charge in [0, 0.05) is 16.5 Å². The topological polar surface area (TPSA) is 64.1 Å². The van der Waals surface area contributed by atoms with Gasteiger partial charge < -0.3 is 10.1 Å². The van der Waals surface area contributed by atoms with Crippen molar-refractivity contribution in [2.45, 2.75) is 19.8 Å². The van der Waals surface area contributed by atoms with Gasteiger partial charge in [0.1, 0.15) is 0 Å². The highest BCUT2D eigenvalue weighted by atomic mass is 35.5. The van der Waals surface area contributed by atoms with Crippen LogP contribution in [0.2, 0.25) is 5.15 Å². The fourth-order valence-electron chi connectivity index (χ4n) is 2.38. The van der Waals surface area contributed by atoms with Crippen LogP contribution in [-0.2, 0) is 4.74 Å². The van der Waals surface area contributed by atoms with Crippen LogP contribution < -0.4 is 5.32 Å². The molecule has 3 aromatic rings. The molecule has 0 radical (unpaired) electrons. The Balaban J connectivity index is 1.76. The minimum atomic E-state index is -0.309. The van der Waals surface area contributed by atoms with Gasteiger partial charge >= 0.3 is 5.97 Å². The van der Waals surface area contributed by atoms with E-state index in [-0.39, 0.29) is 5.97 Å². The summed E-state index contributed by atoms with van der Waals surface area (Å²) in [5.74, 6) is 0.301. The molecule has 25 heavy (non-hydrogen) atoms. The number of unbranched alkanes of at least 4 members (excludes halogenated alkanes) is 1. The van der Waals surface area contributed by atoms with Gasteiger partial charge in [-0.25, -0.2) is 4.79 Å². The summed E-state index contributed by atoms with van der Waals surface area (Å²) in [4.78, 5) is 11.9. The average Bonchev–Trinajstić information content (AvgIpc) is 2.65. The molecule has 0 unspecified atom stereocenters. The Morgan fingerprint density at radius 1 is 1.08 bits per heavy atom. The van der Waals surface area contributed by atoms with E-state index >= 15 is 0 Å². The number of halogens is 1. The first-order valence-electron chi connectivity index (χ1n) is 8.14. The summed E-state index contributed by atoms with van der Waals surface area (Å²) in [5.41, 5.74) is 1.32. The Kier molecular flexibility index (Phi) is 5.46. The van der Waals surface area contributed by atoms with E-state index in [1.165, 1.54) is 0 Å². The Morgan fingerprint density at radius 3 is 2.52 bits per heavy atom. The number of benzene rings is 2. The predicted octanol–water partition coefficient (Wildman–Crippen LogP) is 4.98. The molecule has 0 saturated carbocycles. The molecule has 5 nitrogen and oxygen atoms in total. The summed E-state index contributed by atoms with van der Waals surface area (Å²) in [5, 5.41) is 13.4. The maximum absolute atomic E-state index is 11.9. The third-order valence-corrected chi connectivity index (χ3v) is 4.04. The maximum atomic E-state index is 11.9. The SMILES string of the molecule is CCCCOC(=O)c1ccc(Nc2nnc(Cl)c3ccccc23)cc1. The predicted molar refractivity (Wildman–Crippen MR) is 99.5 cm³/mol. The lowest BCUT2D eigenvalue weighted by Crippen LogP contribution is -2.06. The van der Waals surface area contributed by atoms with Gasteiger partial charge in [0.25, 0.3) is 0 Å². The molecule has 0 bridgehead atoms. The Labute approximate surface area is 151 Å². The van der Waals surface area contributed by atoms with Crippen molar-refractivity contribution < 1.29 is 9.53 Å². The summed E-state index contributed by atoms with van der Waals surface area (Å²) >= 11 is 6.09. The first-order valence-corrected chi connectivity index (χ1v) is 8.52. The van der Waals surface area contributed by atoms with Crippen molar-refractivity contribution >= 4 is 39.8 Å². The fourth-order valence-corrected chi connectivity index (χ4v) is 2.58. The quantitative estimate of drug-likeness (QED) is 0.498. The molecule has 1 aromatic heterocycles. The summed E-state index contributed by atoms with van der Waals surface area (Å²) in [6.07, 6.45) is 1.86. The molecular formula is C19H18ClN3O2. The minimum absolute atomic E-state index is 0.309. The van der Waals surface area contributed by atoms with Crippen molar-refractivity contribution in [3.8, 4) is 0 Å². The van der Waals surface area contributed by atoms with Crippen molar-refractivity contribution in [1.82, 2.24) is 10.2 Å². The molecule has 0 fully saturated rings. The van der Waals surface area contributed by atoms with Crippen LogP contribution in [0.25, 0.3) is 10.8 Å². The van der Waals surface area contributed by atoms with Crippen molar-refractivity contribution in [3.05, 3.63) is 59.2 Å². The molecule has 0 amide bonds. The van der Waals surface area contributed by atoms with Crippen LogP contribution in [-0.4, -0.2) is 22.8 Å². The zero-order chi connectivity index (χ0) is 17.6. The average molecular weight is 356 g/mol. The smallest absolute Gasteiger partial charge is 0.338 e. The molecule has 2 aromatic carbocycles. The van der Waals surface area contributed by atoms with Gasteiger partial charge in [0.15, 0.2) is 11.0 Å². The van der Waals surface area contributed by atoms with Gasteiger partial charge in [-0.3, -0.25) is 0 Å². The van der Waals surface area contributed by atoms with Crippen LogP contribution in [0.5, 0.6) is 0 Å². The van der Waals surface area contributed by atoms with Crippen LogP contribution in [0.3, 0.4) is 0 Å². The number of nitrogens with one attached hydrogen (secondary N) is 1. The number of anilines is 2. The second-order valence-electron chi connectivity index (χ2n) is 5.58. The molecule has 0 aliphatic heterocycles. The Bertz CT molecular complexity index is 881. The van der Waals surface area contributed by atoms with Gasteiger partial charge in [-0.15, -0.1) is 10.2 Å². The van der Waals surface area contributed by atoms with Crippen LogP contribution in [0.15, 0.2) is 48.5 Å². The van der Waals surface area contributed by atoms with E-state index in [1.54, 1.807) is 12.1 Å². The standard InChI is InChI=1S/C19H18ClN3O2/c1-2-3-12-25-19(24)13-8-10-14(11-9-13)21-18-16-7-5-4-6-15(16)17(20)22-23-18/h4-11H,2-3,12H2,1H3,(H,21,23). The highest BCUT2D eigenvalue weighted by Gasteiger charge is 2.09. The largest absolute Gasteiger partial charge is 0.462 e. The van der Waals surface area contributed by atoms with Gasteiger partial charge in [0.05, 0.1) is 12.2 Å². The van der Waals surface area contributed by atoms with Crippen LogP contribution in [0, 0.1) is 0 Å². The number of rotatable bonds is 6. The van der Waals surface area contributed by atoms with Crippen molar-refractivity contribution in [2.24, 2.45) is 0 Å². The molecule has 128 valence electrons. The number of esters is 1. The second-order valence-corrected chi connectivity index (χ2v) is 5.93. The Hall–Kier alpha value is -2.66. The van der Waals surface area contributed by atoms with E-state index in [0.29, 0.717) is 23.1 Å². The van der Waals surface area contributed by atoms with Crippen molar-refractivity contribution in [1.29, 1.82) is 0 Å². The summed E-state index contributed by atoms with van der Waals surface area (Å²) in [6, 6.07) is 14.7. The highest BCUT2D eigenvalue weighted by Crippen LogP contribution is 2.27. The highest BCUT2D eigenvalue weighted by molar-refractivity contribution is 6.34. The van der Waals surface area contributed by atoms with Crippen LogP contribution >= 0.6 is 11.6 Å². The number of hydrogen-bond donors (Lipinski definition) is 1. The summed E-state index contributed by atoms with van der Waals surface area (Å²) < 4.78 is 5.20. The maximum Gasteiger partial charge on any atom is 0.338 e. The molecule has 1 N–H and O–H groups in total. The van der Waals surface area contributed by atoms with Gasteiger partial charge in [0.2, 0.25) is 0 Å². The van der Waals surface area contributed by atoms with Gasteiger partial charge in [-0.2, -0.15) is 0 Å². The lowest BCUT2D eigenvalue weighted by atomic mass is 10.1. The van der Waals surface area contributed by atoms with Crippen LogP contribution in [0.4, 0.5) is 11.5 Å². The summed E-state index contributed by atoms with van der Waals surface area (Å²) in [6.45, 7) is 2.50. The zero-order valence-electron chi connectivity index (χ0n) is 13.8. The number of fused-ring (bicyclic) bond motifs is 1. The second kappa shape index (κ2) is 7.94. The minimum Gasteiger partial charge on any atom is -0.462 e. The fraction of sp³-hybridized carbons (Fsp3) is 0.211. The number of carbonyl (C=O) groups excluding carboxylic acids is 1. The molecule has 6 heteroatoms. The molecule has 0 aliphatic rings. The lowest BCUT2D eigenvalue weighted by Gasteiger charge is -2.09. The molecule has 0 spiro atoms. The summed E-state index contributed by atoms with van der Waals surface area (Å²) in [7, 11) is 0. The van der Waals surface area contributed by atoms with E-state index in [0.717, 1.165) is 29.3 Å². The number of ether oxygens (including phenoxy) is 1. The molecule has 0 saturated heterocycles. The molecular weight excluding hydrogens is 338 g/mol. The first kappa shape index (κ1) is 17.2. The number of nitrogens with zero attached hydrogens (tertiary/aromatic N) is 2. The molecule has 0 atom stereocenters. The monoisotopic (exact) mass is 355 g/mol. The van der Waals surface area contributed by atoms with E-state index in [4.69, 9.17) is 16.3 Å². The molecule has 1 heterocycles. The number of carbonyl (C=O) groups is 1. The van der Waals surface area contributed by atoms with Crippen molar-refractivity contribution in [3.63, 3.8) is 0 Å². The first-order chi connectivity index (χ1) is 12.2. The Morgan fingerprint density at radius 2 is 1.80 bits per heavy atom.